The topological polar surface area (TPSA) is 65.7 Å². The third-order valence-corrected chi connectivity index (χ3v) is 3.95. The molecule has 106 valence electrons. The van der Waals surface area contributed by atoms with Crippen molar-refractivity contribution in [3.8, 4) is 0 Å². The Labute approximate surface area is 127 Å². The highest BCUT2D eigenvalue weighted by Gasteiger charge is 2.17. The van der Waals surface area contributed by atoms with Gasteiger partial charge in [-0.25, -0.2) is 9.18 Å². The molecule has 0 aliphatic heterocycles. The van der Waals surface area contributed by atoms with E-state index in [1.54, 1.807) is 25.1 Å². The molecule has 0 aliphatic rings. The number of aromatic nitrogens is 2. The van der Waals surface area contributed by atoms with Crippen LogP contribution in [-0.4, -0.2) is 15.8 Å². The quantitative estimate of drug-likeness (QED) is 0.698. The lowest BCUT2D eigenvalue weighted by molar-refractivity contribution is 0.103. The zero-order valence-electron chi connectivity index (χ0n) is 11.0. The zero-order chi connectivity index (χ0) is 15.1. The Bertz CT molecular complexity index is 927. The molecule has 0 atom stereocenters. The minimum Gasteiger partial charge on any atom is -0.306 e. The van der Waals surface area contributed by atoms with E-state index in [9.17, 15) is 14.0 Å². The van der Waals surface area contributed by atoms with Crippen molar-refractivity contribution in [3.63, 3.8) is 0 Å². The monoisotopic (exact) mass is 348 g/mol. The molecule has 0 bridgehead atoms. The predicted molar refractivity (Wildman–Crippen MR) is 81.2 cm³/mol. The van der Waals surface area contributed by atoms with E-state index in [1.165, 1.54) is 12.1 Å². The van der Waals surface area contributed by atoms with E-state index in [1.807, 2.05) is 0 Å². The van der Waals surface area contributed by atoms with Crippen LogP contribution < -0.4 is 5.69 Å². The molecule has 21 heavy (non-hydrogen) atoms. The van der Waals surface area contributed by atoms with Gasteiger partial charge in [0.05, 0.1) is 11.0 Å². The SMILES string of the molecule is Cc1ccc(F)cc1C(=O)c1cc2[nH]c(=O)[nH]c2cc1Br. The third-order valence-electron chi connectivity index (χ3n) is 3.29. The van der Waals surface area contributed by atoms with Crippen molar-refractivity contribution in [2.45, 2.75) is 6.92 Å². The Balaban J connectivity index is 2.19. The van der Waals surface area contributed by atoms with Crippen molar-refractivity contribution in [3.05, 3.63) is 67.8 Å². The molecule has 2 N–H and O–H groups in total. The van der Waals surface area contributed by atoms with Crippen LogP contribution in [0.4, 0.5) is 4.39 Å². The lowest BCUT2D eigenvalue weighted by Crippen LogP contribution is -2.05. The smallest absolute Gasteiger partial charge is 0.306 e. The average molecular weight is 349 g/mol. The molecule has 4 nitrogen and oxygen atoms in total. The normalized spacial score (nSPS) is 11.0. The van der Waals surface area contributed by atoms with Crippen molar-refractivity contribution >= 4 is 32.7 Å². The van der Waals surface area contributed by atoms with Gasteiger partial charge in [0.25, 0.3) is 0 Å². The predicted octanol–water partition coefficient (Wildman–Crippen LogP) is 3.30. The van der Waals surface area contributed by atoms with Gasteiger partial charge in [0.1, 0.15) is 5.82 Å². The van der Waals surface area contributed by atoms with Gasteiger partial charge >= 0.3 is 5.69 Å². The standard InChI is InChI=1S/C15H10BrFN2O2/c1-7-2-3-8(17)4-9(7)14(20)10-5-12-13(6-11(10)16)19-15(21)18-12/h2-6H,1H3,(H2,18,19,21). The maximum Gasteiger partial charge on any atom is 0.323 e. The lowest BCUT2D eigenvalue weighted by Gasteiger charge is -2.07. The fraction of sp³-hybridized carbons (Fsp3) is 0.0667. The van der Waals surface area contributed by atoms with Crippen LogP contribution in [0.3, 0.4) is 0 Å². The van der Waals surface area contributed by atoms with Crippen LogP contribution in [0.25, 0.3) is 11.0 Å². The number of aromatic amines is 2. The number of halogens is 2. The first-order chi connectivity index (χ1) is 9.95. The summed E-state index contributed by atoms with van der Waals surface area (Å²) in [5.74, 6) is -0.765. The molecule has 0 saturated carbocycles. The van der Waals surface area contributed by atoms with Gasteiger partial charge in [-0.3, -0.25) is 4.79 Å². The van der Waals surface area contributed by atoms with Crippen molar-refractivity contribution in [2.24, 2.45) is 0 Å². The highest BCUT2D eigenvalue weighted by Crippen LogP contribution is 2.25. The molecule has 2 aromatic carbocycles. The van der Waals surface area contributed by atoms with Gasteiger partial charge in [0.2, 0.25) is 0 Å². The number of carbonyl (C=O) groups is 1. The molecule has 0 aliphatic carbocycles. The van der Waals surface area contributed by atoms with Gasteiger partial charge in [-0.15, -0.1) is 0 Å². The van der Waals surface area contributed by atoms with Crippen LogP contribution in [0, 0.1) is 12.7 Å². The molecule has 1 heterocycles. The van der Waals surface area contributed by atoms with E-state index in [0.29, 0.717) is 32.2 Å². The van der Waals surface area contributed by atoms with Gasteiger partial charge < -0.3 is 9.97 Å². The van der Waals surface area contributed by atoms with Crippen molar-refractivity contribution in [1.82, 2.24) is 9.97 Å². The number of aryl methyl sites for hydroxylation is 1. The number of nitrogens with one attached hydrogen (secondary N) is 2. The van der Waals surface area contributed by atoms with Crippen LogP contribution in [0.2, 0.25) is 0 Å². The number of ketones is 1. The van der Waals surface area contributed by atoms with E-state index in [2.05, 4.69) is 25.9 Å². The van der Waals surface area contributed by atoms with Crippen LogP contribution in [-0.2, 0) is 0 Å². The number of fused-ring (bicyclic) bond motifs is 1. The summed E-state index contributed by atoms with van der Waals surface area (Å²) in [4.78, 5) is 29.1. The van der Waals surface area contributed by atoms with E-state index in [-0.39, 0.29) is 11.5 Å². The van der Waals surface area contributed by atoms with Crippen molar-refractivity contribution in [2.75, 3.05) is 0 Å². The largest absolute Gasteiger partial charge is 0.323 e. The van der Waals surface area contributed by atoms with Gasteiger partial charge in [-0.05, 0) is 52.7 Å². The number of H-pyrrole nitrogens is 2. The molecule has 3 rings (SSSR count). The summed E-state index contributed by atoms with van der Waals surface area (Å²) in [6.07, 6.45) is 0. The first kappa shape index (κ1) is 13.8. The first-order valence-corrected chi connectivity index (χ1v) is 6.97. The maximum absolute atomic E-state index is 13.4. The Hall–Kier alpha value is -2.21. The summed E-state index contributed by atoms with van der Waals surface area (Å²) in [5.41, 5.74) is 2.14. The van der Waals surface area contributed by atoms with Crippen LogP contribution in [0.1, 0.15) is 21.5 Å². The second kappa shape index (κ2) is 4.96. The van der Waals surface area contributed by atoms with Crippen molar-refractivity contribution in [1.29, 1.82) is 0 Å². The number of benzene rings is 2. The van der Waals surface area contributed by atoms with Crippen LogP contribution in [0.15, 0.2) is 39.6 Å². The van der Waals surface area contributed by atoms with E-state index in [4.69, 9.17) is 0 Å². The summed E-state index contributed by atoms with van der Waals surface area (Å²) in [7, 11) is 0. The third kappa shape index (κ3) is 2.42. The van der Waals surface area contributed by atoms with Crippen LogP contribution >= 0.6 is 15.9 Å². The Morgan fingerprint density at radius 3 is 2.48 bits per heavy atom. The fourth-order valence-electron chi connectivity index (χ4n) is 2.21. The number of hydrogen-bond acceptors (Lipinski definition) is 2. The van der Waals surface area contributed by atoms with Crippen LogP contribution in [0.5, 0.6) is 0 Å². The molecule has 0 amide bonds. The molecule has 0 saturated heterocycles. The minimum atomic E-state index is -0.462. The van der Waals surface area contributed by atoms with Gasteiger partial charge in [-0.1, -0.05) is 6.07 Å². The summed E-state index contributed by atoms with van der Waals surface area (Å²) in [6.45, 7) is 1.75. The molecule has 0 fully saturated rings. The molecular weight excluding hydrogens is 339 g/mol. The molecule has 0 spiro atoms. The molecular formula is C15H10BrFN2O2. The number of rotatable bonds is 2. The molecule has 1 aromatic heterocycles. The van der Waals surface area contributed by atoms with E-state index < -0.39 is 5.82 Å². The van der Waals surface area contributed by atoms with E-state index in [0.717, 1.165) is 0 Å². The molecule has 6 heteroatoms. The summed E-state index contributed by atoms with van der Waals surface area (Å²) < 4.78 is 13.9. The molecule has 0 radical (unpaired) electrons. The van der Waals surface area contributed by atoms with Gasteiger partial charge in [0.15, 0.2) is 5.78 Å². The Kier molecular flexibility index (Phi) is 3.25. The lowest BCUT2D eigenvalue weighted by atomic mass is 9.98. The second-order valence-corrected chi connectivity index (χ2v) is 5.60. The number of hydrogen-bond donors (Lipinski definition) is 2. The number of imidazole rings is 1. The average Bonchev–Trinajstić information content (AvgIpc) is 2.79. The molecule has 0 unspecified atom stereocenters. The van der Waals surface area contributed by atoms with Crippen molar-refractivity contribution < 1.29 is 9.18 Å². The maximum atomic E-state index is 13.4. The summed E-state index contributed by atoms with van der Waals surface area (Å²) in [5, 5.41) is 0. The minimum absolute atomic E-state index is 0.299. The molecule has 3 aromatic rings. The van der Waals surface area contributed by atoms with E-state index >= 15 is 0 Å². The number of carbonyl (C=O) groups excluding carboxylic acids is 1. The zero-order valence-corrected chi connectivity index (χ0v) is 12.5. The Morgan fingerprint density at radius 1 is 1.10 bits per heavy atom. The summed E-state index contributed by atoms with van der Waals surface area (Å²) in [6, 6.07) is 7.31. The highest BCUT2D eigenvalue weighted by molar-refractivity contribution is 9.10. The second-order valence-electron chi connectivity index (χ2n) is 4.75. The summed E-state index contributed by atoms with van der Waals surface area (Å²) >= 11 is 3.32. The van der Waals surface area contributed by atoms with Gasteiger partial charge in [0, 0.05) is 15.6 Å². The highest BCUT2D eigenvalue weighted by atomic mass is 79.9. The fourth-order valence-corrected chi connectivity index (χ4v) is 2.74. The Morgan fingerprint density at radius 2 is 1.76 bits per heavy atom. The first-order valence-electron chi connectivity index (χ1n) is 6.18. The van der Waals surface area contributed by atoms with Gasteiger partial charge in [-0.2, -0.15) is 0 Å².